The van der Waals surface area contributed by atoms with E-state index in [1.165, 1.54) is 12.5 Å². The van der Waals surface area contributed by atoms with Crippen molar-refractivity contribution in [3.05, 3.63) is 59.5 Å². The van der Waals surface area contributed by atoms with Gasteiger partial charge >= 0.3 is 0 Å². The highest BCUT2D eigenvalue weighted by atomic mass is 16.3. The Bertz CT molecular complexity index is 695. The van der Waals surface area contributed by atoms with Gasteiger partial charge in [0.2, 0.25) is 0 Å². The molecular weight excluding hydrogens is 290 g/mol. The highest BCUT2D eigenvalue weighted by Gasteiger charge is 2.23. The summed E-state index contributed by atoms with van der Waals surface area (Å²) < 4.78 is 4.97. The van der Waals surface area contributed by atoms with E-state index >= 15 is 0 Å². The third-order valence-electron chi connectivity index (χ3n) is 4.20. The summed E-state index contributed by atoms with van der Waals surface area (Å²) >= 11 is 0. The molecule has 1 aromatic heterocycles. The van der Waals surface area contributed by atoms with E-state index in [1.54, 1.807) is 6.07 Å². The van der Waals surface area contributed by atoms with Gasteiger partial charge in [0.1, 0.15) is 6.26 Å². The maximum Gasteiger partial charge on any atom is 0.257 e. The number of rotatable bonds is 4. The van der Waals surface area contributed by atoms with Crippen LogP contribution in [0.5, 0.6) is 0 Å². The molecule has 23 heavy (non-hydrogen) atoms. The number of furan rings is 1. The molecule has 0 unspecified atom stereocenters. The first-order valence-corrected chi connectivity index (χ1v) is 7.80. The lowest BCUT2D eigenvalue weighted by Crippen LogP contribution is -2.44. The van der Waals surface area contributed by atoms with Crippen LogP contribution in [0.25, 0.3) is 0 Å². The van der Waals surface area contributed by atoms with Gasteiger partial charge in [0.15, 0.2) is 0 Å². The Kier molecular flexibility index (Phi) is 4.74. The summed E-state index contributed by atoms with van der Waals surface area (Å²) in [6.07, 6.45) is 4.88. The first kappa shape index (κ1) is 15.3. The number of piperidine rings is 1. The number of hydrogen-bond acceptors (Lipinski definition) is 4. The predicted molar refractivity (Wildman–Crippen MR) is 85.6 cm³/mol. The normalized spacial score (nSPS) is 15.3. The van der Waals surface area contributed by atoms with Crippen molar-refractivity contribution in [3.63, 3.8) is 0 Å². The van der Waals surface area contributed by atoms with E-state index in [2.05, 4.69) is 11.4 Å². The molecule has 1 saturated heterocycles. The fourth-order valence-electron chi connectivity index (χ4n) is 2.87. The Balaban J connectivity index is 1.48. The van der Waals surface area contributed by atoms with Crippen LogP contribution in [-0.2, 0) is 6.54 Å². The third kappa shape index (κ3) is 3.79. The molecular formula is C18H19N3O2. The number of nitriles is 1. The van der Waals surface area contributed by atoms with Crippen molar-refractivity contribution in [1.29, 1.82) is 5.26 Å². The molecule has 3 rings (SSSR count). The molecule has 0 radical (unpaired) electrons. The molecule has 1 aliphatic heterocycles. The minimum atomic E-state index is 0.0407. The van der Waals surface area contributed by atoms with E-state index in [0.717, 1.165) is 38.0 Å². The van der Waals surface area contributed by atoms with Gasteiger partial charge in [0.25, 0.3) is 5.91 Å². The van der Waals surface area contributed by atoms with Gasteiger partial charge in [-0.05, 0) is 36.6 Å². The van der Waals surface area contributed by atoms with Crippen molar-refractivity contribution < 1.29 is 9.21 Å². The number of hydrogen-bond donors (Lipinski definition) is 1. The first-order valence-electron chi connectivity index (χ1n) is 7.80. The van der Waals surface area contributed by atoms with Crippen molar-refractivity contribution in [2.75, 3.05) is 13.1 Å². The lowest BCUT2D eigenvalue weighted by molar-refractivity contribution is 0.0704. The Labute approximate surface area is 135 Å². The van der Waals surface area contributed by atoms with Gasteiger partial charge in [-0.1, -0.05) is 12.1 Å². The second-order valence-electron chi connectivity index (χ2n) is 5.77. The van der Waals surface area contributed by atoms with E-state index < -0.39 is 0 Å². The topological polar surface area (TPSA) is 69.3 Å². The minimum Gasteiger partial charge on any atom is -0.472 e. The lowest BCUT2D eigenvalue weighted by atomic mass is 10.0. The predicted octanol–water partition coefficient (Wildman–Crippen LogP) is 2.55. The molecule has 2 heterocycles. The van der Waals surface area contributed by atoms with Gasteiger partial charge < -0.3 is 14.6 Å². The second kappa shape index (κ2) is 7.12. The standard InChI is InChI=1S/C18H19N3O2/c19-11-14-2-1-3-15(10-14)12-20-17-4-7-21(8-5-17)18(22)16-6-9-23-13-16/h1-3,6,9-10,13,17,20H,4-5,7-8,12H2. The molecule has 1 amide bonds. The van der Waals surface area contributed by atoms with Crippen LogP contribution in [0.3, 0.4) is 0 Å². The molecule has 1 fully saturated rings. The number of likely N-dealkylation sites (tertiary alicyclic amines) is 1. The van der Waals surface area contributed by atoms with E-state index in [-0.39, 0.29) is 5.91 Å². The SMILES string of the molecule is N#Cc1cccc(CNC2CCN(C(=O)c3ccoc3)CC2)c1. The van der Waals surface area contributed by atoms with Crippen LogP contribution in [0.1, 0.15) is 34.3 Å². The maximum atomic E-state index is 12.2. The zero-order valence-corrected chi connectivity index (χ0v) is 12.9. The number of benzene rings is 1. The van der Waals surface area contributed by atoms with Gasteiger partial charge in [-0.15, -0.1) is 0 Å². The molecule has 1 aromatic carbocycles. The van der Waals surface area contributed by atoms with Crippen LogP contribution >= 0.6 is 0 Å². The van der Waals surface area contributed by atoms with Crippen molar-refractivity contribution >= 4 is 5.91 Å². The van der Waals surface area contributed by atoms with Crippen LogP contribution < -0.4 is 5.32 Å². The number of carbonyl (C=O) groups is 1. The van der Waals surface area contributed by atoms with Crippen LogP contribution in [-0.4, -0.2) is 29.9 Å². The van der Waals surface area contributed by atoms with Gasteiger partial charge in [0, 0.05) is 25.7 Å². The first-order chi connectivity index (χ1) is 11.3. The van der Waals surface area contributed by atoms with Crippen LogP contribution in [0.2, 0.25) is 0 Å². The Hall–Kier alpha value is -2.58. The molecule has 1 N–H and O–H groups in total. The van der Waals surface area contributed by atoms with Crippen molar-refractivity contribution in [2.24, 2.45) is 0 Å². The molecule has 5 heteroatoms. The fraction of sp³-hybridized carbons (Fsp3) is 0.333. The smallest absolute Gasteiger partial charge is 0.257 e. The van der Waals surface area contributed by atoms with Crippen molar-refractivity contribution in [2.45, 2.75) is 25.4 Å². The summed E-state index contributed by atoms with van der Waals surface area (Å²) in [5, 5.41) is 12.4. The molecule has 5 nitrogen and oxygen atoms in total. The van der Waals surface area contributed by atoms with Crippen LogP contribution in [0.4, 0.5) is 0 Å². The molecule has 2 aromatic rings. The van der Waals surface area contributed by atoms with Crippen molar-refractivity contribution in [3.8, 4) is 6.07 Å². The zero-order valence-electron chi connectivity index (χ0n) is 12.9. The third-order valence-corrected chi connectivity index (χ3v) is 4.20. The summed E-state index contributed by atoms with van der Waals surface area (Å²) in [5.41, 5.74) is 2.41. The highest BCUT2D eigenvalue weighted by molar-refractivity contribution is 5.93. The van der Waals surface area contributed by atoms with Crippen LogP contribution in [0, 0.1) is 11.3 Å². The molecule has 0 bridgehead atoms. The molecule has 0 spiro atoms. The van der Waals surface area contributed by atoms with Crippen LogP contribution in [0.15, 0.2) is 47.3 Å². The average Bonchev–Trinajstić information content (AvgIpc) is 3.14. The Morgan fingerprint density at radius 1 is 1.35 bits per heavy atom. The average molecular weight is 309 g/mol. The molecule has 0 atom stereocenters. The zero-order chi connectivity index (χ0) is 16.1. The summed E-state index contributed by atoms with van der Waals surface area (Å²) in [6, 6.07) is 11.9. The Morgan fingerprint density at radius 2 is 2.17 bits per heavy atom. The second-order valence-corrected chi connectivity index (χ2v) is 5.77. The molecule has 0 aliphatic carbocycles. The molecule has 118 valence electrons. The molecule has 1 aliphatic rings. The van der Waals surface area contributed by atoms with Gasteiger partial charge in [0.05, 0.1) is 23.5 Å². The number of carbonyl (C=O) groups excluding carboxylic acids is 1. The monoisotopic (exact) mass is 309 g/mol. The summed E-state index contributed by atoms with van der Waals surface area (Å²) in [6.45, 7) is 2.25. The maximum absolute atomic E-state index is 12.2. The Morgan fingerprint density at radius 3 is 2.87 bits per heavy atom. The summed E-state index contributed by atoms with van der Waals surface area (Å²) in [7, 11) is 0. The van der Waals surface area contributed by atoms with Gasteiger partial charge in [-0.25, -0.2) is 0 Å². The fourth-order valence-corrected chi connectivity index (χ4v) is 2.87. The highest BCUT2D eigenvalue weighted by Crippen LogP contribution is 2.15. The van der Waals surface area contributed by atoms with Gasteiger partial charge in [-0.2, -0.15) is 5.26 Å². The van der Waals surface area contributed by atoms with E-state index in [0.29, 0.717) is 17.2 Å². The quantitative estimate of drug-likeness (QED) is 0.942. The minimum absolute atomic E-state index is 0.0407. The van der Waals surface area contributed by atoms with E-state index in [1.807, 2.05) is 29.2 Å². The van der Waals surface area contributed by atoms with E-state index in [4.69, 9.17) is 9.68 Å². The number of nitrogens with one attached hydrogen (secondary N) is 1. The largest absolute Gasteiger partial charge is 0.472 e. The van der Waals surface area contributed by atoms with E-state index in [9.17, 15) is 4.79 Å². The summed E-state index contributed by atoms with van der Waals surface area (Å²) in [5.74, 6) is 0.0407. The summed E-state index contributed by atoms with van der Waals surface area (Å²) in [4.78, 5) is 14.1. The number of amides is 1. The lowest BCUT2D eigenvalue weighted by Gasteiger charge is -2.32. The number of nitrogens with zero attached hydrogens (tertiary/aromatic N) is 2. The molecule has 0 saturated carbocycles. The van der Waals surface area contributed by atoms with Crippen molar-refractivity contribution in [1.82, 2.24) is 10.2 Å². The van der Waals surface area contributed by atoms with Gasteiger partial charge in [-0.3, -0.25) is 4.79 Å².